The Morgan fingerprint density at radius 2 is 1.76 bits per heavy atom. The van der Waals surface area contributed by atoms with Crippen LogP contribution in [0.5, 0.6) is 17.2 Å². The number of para-hydroxylation sites is 1. The lowest BCUT2D eigenvalue weighted by Gasteiger charge is -2.11. The second kappa shape index (κ2) is 7.27. The number of carbonyl (C=O) groups is 1. The van der Waals surface area contributed by atoms with E-state index in [1.807, 2.05) is 30.3 Å². The van der Waals surface area contributed by atoms with Crippen molar-refractivity contribution in [3.05, 3.63) is 42.0 Å². The van der Waals surface area contributed by atoms with E-state index in [0.717, 1.165) is 17.4 Å². The monoisotopic (exact) mass is 341 g/mol. The minimum absolute atomic E-state index is 0.0446. The molecule has 6 nitrogen and oxygen atoms in total. The fraction of sp³-hybridized carbons (Fsp3) is 0.211. The molecule has 0 saturated carbocycles. The van der Waals surface area contributed by atoms with Crippen molar-refractivity contribution in [1.29, 1.82) is 0 Å². The molecule has 0 bridgehead atoms. The van der Waals surface area contributed by atoms with Gasteiger partial charge >= 0.3 is 0 Å². The molecule has 0 aliphatic rings. The van der Waals surface area contributed by atoms with E-state index in [0.29, 0.717) is 33.9 Å². The van der Waals surface area contributed by atoms with Crippen molar-refractivity contribution in [3.8, 4) is 28.5 Å². The van der Waals surface area contributed by atoms with Crippen LogP contribution in [0.25, 0.3) is 22.2 Å². The van der Waals surface area contributed by atoms with Gasteiger partial charge in [-0.05, 0) is 24.3 Å². The summed E-state index contributed by atoms with van der Waals surface area (Å²) in [5, 5.41) is 0.646. The molecule has 1 heterocycles. The van der Waals surface area contributed by atoms with Gasteiger partial charge in [0.05, 0.1) is 36.4 Å². The number of aromatic amines is 1. The number of hydrogen-bond donors (Lipinski definition) is 1. The van der Waals surface area contributed by atoms with Gasteiger partial charge < -0.3 is 23.9 Å². The van der Waals surface area contributed by atoms with Gasteiger partial charge in [-0.15, -0.1) is 0 Å². The van der Waals surface area contributed by atoms with Crippen LogP contribution in [0, 0.1) is 0 Å². The van der Waals surface area contributed by atoms with Crippen LogP contribution < -0.4 is 14.2 Å². The molecule has 130 valence electrons. The highest BCUT2D eigenvalue weighted by atomic mass is 16.7. The minimum Gasteiger partial charge on any atom is -0.496 e. The Bertz CT molecular complexity index is 900. The summed E-state index contributed by atoms with van der Waals surface area (Å²) in [6, 6.07) is 11.1. The third kappa shape index (κ3) is 2.92. The number of benzene rings is 2. The van der Waals surface area contributed by atoms with E-state index in [1.54, 1.807) is 20.3 Å². The second-order valence-electron chi connectivity index (χ2n) is 5.30. The molecule has 0 saturated heterocycles. The van der Waals surface area contributed by atoms with Gasteiger partial charge in [-0.3, -0.25) is 4.79 Å². The second-order valence-corrected chi connectivity index (χ2v) is 5.30. The SMILES string of the molecule is COCOc1c(OC)ccc2[nH]c(-c3ccccc3OC)c(C=O)c12. The van der Waals surface area contributed by atoms with Crippen LogP contribution in [0.4, 0.5) is 0 Å². The Labute approximate surface area is 145 Å². The fourth-order valence-electron chi connectivity index (χ4n) is 2.87. The quantitative estimate of drug-likeness (QED) is 0.525. The summed E-state index contributed by atoms with van der Waals surface area (Å²) in [5.74, 6) is 1.66. The van der Waals surface area contributed by atoms with Gasteiger partial charge in [0.15, 0.2) is 24.6 Å². The van der Waals surface area contributed by atoms with Crippen molar-refractivity contribution < 1.29 is 23.7 Å². The van der Waals surface area contributed by atoms with Crippen LogP contribution in [-0.4, -0.2) is 39.4 Å². The van der Waals surface area contributed by atoms with Crippen molar-refractivity contribution >= 4 is 17.2 Å². The van der Waals surface area contributed by atoms with E-state index >= 15 is 0 Å². The van der Waals surface area contributed by atoms with Gasteiger partial charge in [0.25, 0.3) is 0 Å². The van der Waals surface area contributed by atoms with Gasteiger partial charge in [0.1, 0.15) is 5.75 Å². The molecule has 3 aromatic rings. The molecule has 0 atom stereocenters. The zero-order valence-corrected chi connectivity index (χ0v) is 14.3. The highest BCUT2D eigenvalue weighted by Gasteiger charge is 2.21. The van der Waals surface area contributed by atoms with E-state index in [4.69, 9.17) is 18.9 Å². The zero-order chi connectivity index (χ0) is 17.8. The first-order valence-electron chi connectivity index (χ1n) is 7.68. The molecule has 1 N–H and O–H groups in total. The molecular formula is C19H19NO5. The summed E-state index contributed by atoms with van der Waals surface area (Å²) in [6.45, 7) is 0.0446. The first kappa shape index (κ1) is 16.9. The number of nitrogens with one attached hydrogen (secondary N) is 1. The maximum atomic E-state index is 11.9. The van der Waals surface area contributed by atoms with Gasteiger partial charge in [-0.25, -0.2) is 0 Å². The normalized spacial score (nSPS) is 10.7. The smallest absolute Gasteiger partial charge is 0.188 e. The van der Waals surface area contributed by atoms with Crippen LogP contribution in [0.15, 0.2) is 36.4 Å². The van der Waals surface area contributed by atoms with E-state index in [2.05, 4.69) is 4.98 Å². The summed E-state index contributed by atoms with van der Waals surface area (Å²) >= 11 is 0. The Balaban J connectivity index is 2.30. The molecule has 0 amide bonds. The molecule has 0 radical (unpaired) electrons. The lowest BCUT2D eigenvalue weighted by atomic mass is 10.0. The van der Waals surface area contributed by atoms with Crippen molar-refractivity contribution in [2.24, 2.45) is 0 Å². The molecule has 0 fully saturated rings. The van der Waals surface area contributed by atoms with E-state index in [-0.39, 0.29) is 6.79 Å². The standard InChI is InChI=1S/C19H19NO5/c1-22-11-25-19-16(24-3)9-8-14-17(19)13(10-21)18(20-14)12-6-4-5-7-15(12)23-2/h4-10,20H,11H2,1-3H3. The summed E-state index contributed by atoms with van der Waals surface area (Å²) in [5.41, 5.74) is 2.69. The topological polar surface area (TPSA) is 69.8 Å². The molecule has 1 aromatic heterocycles. The third-order valence-corrected chi connectivity index (χ3v) is 3.96. The largest absolute Gasteiger partial charge is 0.496 e. The average Bonchev–Trinajstić information content (AvgIpc) is 3.04. The minimum atomic E-state index is 0.0446. The molecule has 25 heavy (non-hydrogen) atoms. The van der Waals surface area contributed by atoms with E-state index in [1.165, 1.54) is 7.11 Å². The lowest BCUT2D eigenvalue weighted by Crippen LogP contribution is -2.01. The summed E-state index contributed by atoms with van der Waals surface area (Å²) in [7, 11) is 4.68. The van der Waals surface area contributed by atoms with Crippen molar-refractivity contribution in [2.45, 2.75) is 0 Å². The lowest BCUT2D eigenvalue weighted by molar-refractivity contribution is 0.0503. The highest BCUT2D eigenvalue weighted by molar-refractivity contribution is 6.08. The number of carbonyl (C=O) groups excluding carboxylic acids is 1. The first-order valence-corrected chi connectivity index (χ1v) is 7.68. The number of methoxy groups -OCH3 is 3. The number of aldehydes is 1. The maximum absolute atomic E-state index is 11.9. The third-order valence-electron chi connectivity index (χ3n) is 3.96. The number of aromatic nitrogens is 1. The molecule has 0 spiro atoms. The van der Waals surface area contributed by atoms with Crippen LogP contribution in [0.2, 0.25) is 0 Å². The molecule has 0 aliphatic heterocycles. The molecule has 0 unspecified atom stereocenters. The molecule has 0 aliphatic carbocycles. The Hall–Kier alpha value is -2.99. The Kier molecular flexibility index (Phi) is 4.90. The van der Waals surface area contributed by atoms with Crippen molar-refractivity contribution in [2.75, 3.05) is 28.1 Å². The average molecular weight is 341 g/mol. The number of ether oxygens (including phenoxy) is 4. The number of rotatable bonds is 7. The van der Waals surface area contributed by atoms with Crippen LogP contribution in [0.3, 0.4) is 0 Å². The molecule has 2 aromatic carbocycles. The summed E-state index contributed by atoms with van der Waals surface area (Å²) in [4.78, 5) is 15.2. The molecule has 3 rings (SSSR count). The summed E-state index contributed by atoms with van der Waals surface area (Å²) in [6.07, 6.45) is 0.805. The highest BCUT2D eigenvalue weighted by Crippen LogP contribution is 2.42. The van der Waals surface area contributed by atoms with Gasteiger partial charge in [0, 0.05) is 12.7 Å². The van der Waals surface area contributed by atoms with Gasteiger partial charge in [-0.2, -0.15) is 0 Å². The predicted molar refractivity (Wildman–Crippen MR) is 94.7 cm³/mol. The number of H-pyrrole nitrogens is 1. The van der Waals surface area contributed by atoms with Crippen LogP contribution >= 0.6 is 0 Å². The summed E-state index contributed by atoms with van der Waals surface area (Å²) < 4.78 is 21.5. The maximum Gasteiger partial charge on any atom is 0.188 e. The van der Waals surface area contributed by atoms with Crippen LogP contribution in [-0.2, 0) is 4.74 Å². The first-order chi connectivity index (χ1) is 12.2. The van der Waals surface area contributed by atoms with Gasteiger partial charge in [0.2, 0.25) is 0 Å². The number of fused-ring (bicyclic) bond motifs is 1. The fourth-order valence-corrected chi connectivity index (χ4v) is 2.87. The van der Waals surface area contributed by atoms with Gasteiger partial charge in [-0.1, -0.05) is 12.1 Å². The van der Waals surface area contributed by atoms with E-state index in [9.17, 15) is 4.79 Å². The number of hydrogen-bond acceptors (Lipinski definition) is 5. The Morgan fingerprint density at radius 3 is 2.44 bits per heavy atom. The van der Waals surface area contributed by atoms with Crippen LogP contribution in [0.1, 0.15) is 10.4 Å². The van der Waals surface area contributed by atoms with Crippen molar-refractivity contribution in [1.82, 2.24) is 4.98 Å². The molecular weight excluding hydrogens is 322 g/mol. The van der Waals surface area contributed by atoms with E-state index < -0.39 is 0 Å². The predicted octanol–water partition coefficient (Wildman–Crippen LogP) is 3.65. The van der Waals surface area contributed by atoms with Crippen molar-refractivity contribution in [3.63, 3.8) is 0 Å². The molecule has 6 heteroatoms. The zero-order valence-electron chi connectivity index (χ0n) is 14.3. The Morgan fingerprint density at radius 1 is 1.00 bits per heavy atom.